The van der Waals surface area contributed by atoms with E-state index in [0.717, 1.165) is 12.0 Å². The highest BCUT2D eigenvalue weighted by atomic mass is 16.5. The minimum absolute atomic E-state index is 0.00754. The van der Waals surface area contributed by atoms with Crippen molar-refractivity contribution in [3.8, 4) is 12.3 Å². The number of hydrogen-bond donors (Lipinski definition) is 4. The fourth-order valence-electron chi connectivity index (χ4n) is 7.23. The van der Waals surface area contributed by atoms with E-state index in [1.165, 1.54) is 14.2 Å². The van der Waals surface area contributed by atoms with E-state index in [2.05, 4.69) is 21.9 Å². The van der Waals surface area contributed by atoms with Crippen molar-refractivity contribution in [2.75, 3.05) is 54.2 Å². The van der Waals surface area contributed by atoms with Crippen LogP contribution in [0, 0.1) is 30.1 Å². The molecule has 1 aromatic carbocycles. The fourth-order valence-corrected chi connectivity index (χ4v) is 7.23. The molecule has 0 spiro atoms. The number of amides is 5. The van der Waals surface area contributed by atoms with Gasteiger partial charge < -0.3 is 41.0 Å². The van der Waals surface area contributed by atoms with Gasteiger partial charge in [-0.3, -0.25) is 28.9 Å². The molecule has 1 aromatic rings. The Morgan fingerprint density at radius 2 is 1.62 bits per heavy atom. The number of anilines is 1. The van der Waals surface area contributed by atoms with Crippen LogP contribution < -0.4 is 21.7 Å². The number of nitrogen functional groups attached to an aromatic ring is 1. The molecule has 0 aliphatic carbocycles. The minimum atomic E-state index is -1.21. The van der Waals surface area contributed by atoms with Gasteiger partial charge in [-0.2, -0.15) is 0 Å². The smallest absolute Gasteiger partial charge is 0.255 e. The average molecular weight is 742 g/mol. The molecule has 0 bridgehead atoms. The topological polar surface area (TPSA) is 176 Å². The van der Waals surface area contributed by atoms with Crippen LogP contribution in [-0.4, -0.2) is 129 Å². The van der Waals surface area contributed by atoms with Gasteiger partial charge in [-0.1, -0.05) is 59.1 Å². The van der Waals surface area contributed by atoms with Crippen LogP contribution >= 0.6 is 0 Å². The maximum Gasteiger partial charge on any atom is 0.255 e. The molecule has 8 atom stereocenters. The molecule has 1 heterocycles. The van der Waals surface area contributed by atoms with Crippen LogP contribution in [0.1, 0.15) is 65.9 Å². The van der Waals surface area contributed by atoms with Crippen molar-refractivity contribution in [1.29, 1.82) is 0 Å². The van der Waals surface area contributed by atoms with Gasteiger partial charge in [0.1, 0.15) is 0 Å². The summed E-state index contributed by atoms with van der Waals surface area (Å²) < 4.78 is 11.8. The molecule has 2 rings (SSSR count). The summed E-state index contributed by atoms with van der Waals surface area (Å²) in [6.07, 6.45) is 6.35. The maximum absolute atomic E-state index is 14.0. The lowest BCUT2D eigenvalue weighted by atomic mass is 9.90. The predicted molar refractivity (Wildman–Crippen MR) is 205 cm³/mol. The van der Waals surface area contributed by atoms with E-state index in [9.17, 15) is 24.0 Å². The summed E-state index contributed by atoms with van der Waals surface area (Å²) in [6.45, 7) is 10.1. The largest absolute Gasteiger partial charge is 0.399 e. The second kappa shape index (κ2) is 21.5. The quantitative estimate of drug-likeness (QED) is 0.114. The van der Waals surface area contributed by atoms with Crippen LogP contribution in [0.2, 0.25) is 0 Å². The van der Waals surface area contributed by atoms with E-state index in [1.54, 1.807) is 48.0 Å². The second-order valence-electron chi connectivity index (χ2n) is 14.6. The zero-order chi connectivity index (χ0) is 40.0. The highest BCUT2D eigenvalue weighted by Gasteiger charge is 2.42. The summed E-state index contributed by atoms with van der Waals surface area (Å²) >= 11 is 0. The van der Waals surface area contributed by atoms with Crippen LogP contribution in [-0.2, 0) is 40.0 Å². The molecule has 1 aliphatic rings. The van der Waals surface area contributed by atoms with E-state index in [4.69, 9.17) is 21.6 Å². The molecule has 14 heteroatoms. The first-order valence-corrected chi connectivity index (χ1v) is 18.5. The first-order chi connectivity index (χ1) is 25.0. The van der Waals surface area contributed by atoms with Crippen molar-refractivity contribution >= 4 is 35.2 Å². The molecule has 53 heavy (non-hydrogen) atoms. The van der Waals surface area contributed by atoms with Gasteiger partial charge in [0.2, 0.25) is 23.6 Å². The third-order valence-electron chi connectivity index (χ3n) is 10.3. The Morgan fingerprint density at radius 1 is 0.981 bits per heavy atom. The number of benzene rings is 1. The molecule has 1 saturated heterocycles. The Labute approximate surface area is 316 Å². The lowest BCUT2D eigenvalue weighted by Gasteiger charge is -2.39. The van der Waals surface area contributed by atoms with Crippen molar-refractivity contribution in [1.82, 2.24) is 30.7 Å². The highest BCUT2D eigenvalue weighted by Crippen LogP contribution is 2.29. The van der Waals surface area contributed by atoms with Crippen molar-refractivity contribution in [3.63, 3.8) is 0 Å². The van der Waals surface area contributed by atoms with E-state index in [0.29, 0.717) is 25.1 Å². The maximum atomic E-state index is 14.0. The standard InChI is InChI=1S/C39H63N7O7/c1-12-25(5)35(45(9)33(48)23-42-39(51)34(24(3)4)44(7)8)31(52-10)21-32(47)46-20-14-15-30(46)36(53-11)26(6)37(49)43-29(13-2)38(50)41-22-27-16-18-28(40)19-17-27/h2,16-19,24-26,29-31,34-36H,12,14-15,20-23,40H2,1,3-11H3,(H,41,50)(H,42,51)(H,43,49). The number of likely N-dealkylation sites (tertiary alicyclic amines) is 1. The molecule has 0 aromatic heterocycles. The Balaban J connectivity index is 2.13. The van der Waals surface area contributed by atoms with Crippen LogP contribution in [0.4, 0.5) is 5.69 Å². The summed E-state index contributed by atoms with van der Waals surface area (Å²) in [6, 6.07) is 4.55. The normalized spacial score (nSPS) is 18.2. The lowest BCUT2D eigenvalue weighted by molar-refractivity contribution is -0.146. The predicted octanol–water partition coefficient (Wildman–Crippen LogP) is 1.63. The number of nitrogens with two attached hydrogens (primary N) is 1. The van der Waals surface area contributed by atoms with Crippen molar-refractivity contribution in [3.05, 3.63) is 29.8 Å². The Morgan fingerprint density at radius 3 is 2.15 bits per heavy atom. The number of hydrogen-bond acceptors (Lipinski definition) is 9. The second-order valence-corrected chi connectivity index (χ2v) is 14.6. The molecular formula is C39H63N7O7. The molecule has 14 nitrogen and oxygen atoms in total. The number of carbonyl (C=O) groups is 5. The van der Waals surface area contributed by atoms with Gasteiger partial charge >= 0.3 is 0 Å². The summed E-state index contributed by atoms with van der Waals surface area (Å²) in [5, 5.41) is 8.18. The number of rotatable bonds is 20. The minimum Gasteiger partial charge on any atom is -0.399 e. The van der Waals surface area contributed by atoms with Gasteiger partial charge in [0, 0.05) is 40.0 Å². The van der Waals surface area contributed by atoms with Crippen LogP contribution in [0.3, 0.4) is 0 Å². The summed E-state index contributed by atoms with van der Waals surface area (Å²) in [5.74, 6) is -0.102. The number of nitrogens with zero attached hydrogens (tertiary/aromatic N) is 3. The monoisotopic (exact) mass is 741 g/mol. The fraction of sp³-hybridized carbons (Fsp3) is 0.667. The van der Waals surface area contributed by atoms with Crippen LogP contribution in [0.25, 0.3) is 0 Å². The van der Waals surface area contributed by atoms with Crippen molar-refractivity contribution < 1.29 is 33.4 Å². The number of methoxy groups -OCH3 is 2. The van der Waals surface area contributed by atoms with E-state index >= 15 is 0 Å². The van der Waals surface area contributed by atoms with Crippen molar-refractivity contribution in [2.45, 2.75) is 103 Å². The summed E-state index contributed by atoms with van der Waals surface area (Å²) in [5.41, 5.74) is 7.15. The van der Waals surface area contributed by atoms with E-state index in [1.807, 2.05) is 46.7 Å². The molecule has 296 valence electrons. The molecule has 5 N–H and O–H groups in total. The van der Waals surface area contributed by atoms with Gasteiger partial charge in [-0.25, -0.2) is 0 Å². The first kappa shape index (κ1) is 45.0. The van der Waals surface area contributed by atoms with Crippen LogP contribution in [0.5, 0.6) is 0 Å². The molecule has 5 amide bonds. The average Bonchev–Trinajstić information content (AvgIpc) is 3.61. The Bertz CT molecular complexity index is 1410. The van der Waals surface area contributed by atoms with E-state index < -0.39 is 48.1 Å². The number of ether oxygens (including phenoxy) is 2. The summed E-state index contributed by atoms with van der Waals surface area (Å²) in [4.78, 5) is 71.8. The summed E-state index contributed by atoms with van der Waals surface area (Å²) in [7, 11) is 8.35. The molecule has 0 saturated carbocycles. The SMILES string of the molecule is C#CC(NC(=O)C(C)C(OC)C1CCCN1C(=O)CC(OC)C(C(C)CC)N(C)C(=O)CNC(=O)C(C(C)C)N(C)C)C(=O)NCc1ccc(N)cc1. The third kappa shape index (κ3) is 12.4. The van der Waals surface area contributed by atoms with Gasteiger partial charge in [-0.05, 0) is 56.5 Å². The number of carbonyl (C=O) groups excluding carboxylic acids is 5. The zero-order valence-electron chi connectivity index (χ0n) is 33.3. The van der Waals surface area contributed by atoms with Crippen LogP contribution in [0.15, 0.2) is 24.3 Å². The number of terminal acetylenes is 1. The van der Waals surface area contributed by atoms with E-state index in [-0.39, 0.29) is 55.1 Å². The molecular weight excluding hydrogens is 678 g/mol. The molecule has 1 fully saturated rings. The number of likely N-dealkylation sites (N-methyl/N-ethyl adjacent to an activating group) is 2. The molecule has 8 unspecified atom stereocenters. The third-order valence-corrected chi connectivity index (χ3v) is 10.3. The van der Waals surface area contributed by atoms with Gasteiger partial charge in [0.15, 0.2) is 6.04 Å². The lowest BCUT2D eigenvalue weighted by Crippen LogP contribution is -2.55. The van der Waals surface area contributed by atoms with Gasteiger partial charge in [-0.15, -0.1) is 6.42 Å². The Kier molecular flexibility index (Phi) is 18.2. The van der Waals surface area contributed by atoms with Gasteiger partial charge in [0.05, 0.1) is 49.2 Å². The van der Waals surface area contributed by atoms with Gasteiger partial charge in [0.25, 0.3) is 5.91 Å². The first-order valence-electron chi connectivity index (χ1n) is 18.5. The molecule has 1 aliphatic heterocycles. The van der Waals surface area contributed by atoms with Crippen molar-refractivity contribution in [2.24, 2.45) is 17.8 Å². The zero-order valence-corrected chi connectivity index (χ0v) is 33.3. The molecule has 0 radical (unpaired) electrons. The highest BCUT2D eigenvalue weighted by molar-refractivity contribution is 5.91. The Hall–Kier alpha value is -4.19. The number of nitrogens with one attached hydrogen (secondary N) is 3.